The zero-order chi connectivity index (χ0) is 13.4. The molecule has 17 heavy (non-hydrogen) atoms. The summed E-state index contributed by atoms with van der Waals surface area (Å²) in [6.45, 7) is 9.00. The van der Waals surface area contributed by atoms with Gasteiger partial charge in [-0.25, -0.2) is 9.59 Å². The first-order valence-electron chi connectivity index (χ1n) is 5.87. The fourth-order valence-electron chi connectivity index (χ4n) is 2.30. The van der Waals surface area contributed by atoms with Gasteiger partial charge in [0.15, 0.2) is 0 Å². The van der Waals surface area contributed by atoms with Gasteiger partial charge in [-0.05, 0) is 40.0 Å². The molecule has 98 valence electrons. The average Bonchev–Trinajstić information content (AvgIpc) is 2.37. The number of rotatable bonds is 1. The Morgan fingerprint density at radius 3 is 2.24 bits per heavy atom. The summed E-state index contributed by atoms with van der Waals surface area (Å²) in [5.74, 6) is -1.01. The van der Waals surface area contributed by atoms with Crippen LogP contribution in [0.1, 0.15) is 41.0 Å². The highest BCUT2D eigenvalue weighted by molar-refractivity contribution is 5.81. The van der Waals surface area contributed by atoms with Gasteiger partial charge in [-0.3, -0.25) is 4.90 Å². The van der Waals surface area contributed by atoms with E-state index in [0.29, 0.717) is 6.42 Å². The normalized spacial score (nSPS) is 29.2. The van der Waals surface area contributed by atoms with Crippen LogP contribution in [0.25, 0.3) is 0 Å². The van der Waals surface area contributed by atoms with Gasteiger partial charge in [0.25, 0.3) is 0 Å². The highest BCUT2D eigenvalue weighted by Gasteiger charge is 2.45. The Labute approximate surface area is 102 Å². The van der Waals surface area contributed by atoms with E-state index < -0.39 is 23.7 Å². The van der Waals surface area contributed by atoms with Crippen LogP contribution in [0, 0.1) is 5.92 Å². The van der Waals surface area contributed by atoms with E-state index in [1.807, 2.05) is 13.8 Å². The van der Waals surface area contributed by atoms with Crippen molar-refractivity contribution in [2.45, 2.75) is 58.7 Å². The molecule has 0 saturated carbocycles. The van der Waals surface area contributed by atoms with E-state index in [4.69, 9.17) is 9.84 Å². The molecule has 1 rings (SSSR count). The zero-order valence-corrected chi connectivity index (χ0v) is 11.1. The summed E-state index contributed by atoms with van der Waals surface area (Å²) in [6, 6.07) is -0.874. The molecule has 0 aromatic carbocycles. The van der Waals surface area contributed by atoms with Crippen molar-refractivity contribution in [1.82, 2.24) is 4.90 Å². The lowest BCUT2D eigenvalue weighted by atomic mass is 10.0. The van der Waals surface area contributed by atoms with Crippen LogP contribution in [0.15, 0.2) is 0 Å². The smallest absolute Gasteiger partial charge is 0.411 e. The minimum atomic E-state index is -0.965. The maximum atomic E-state index is 12.0. The Hall–Kier alpha value is -1.26. The topological polar surface area (TPSA) is 66.8 Å². The minimum Gasteiger partial charge on any atom is -0.480 e. The second-order valence-corrected chi connectivity index (χ2v) is 5.73. The Bertz CT molecular complexity index is 321. The summed E-state index contributed by atoms with van der Waals surface area (Å²) < 4.78 is 5.24. The Morgan fingerprint density at radius 2 is 1.82 bits per heavy atom. The van der Waals surface area contributed by atoms with Crippen molar-refractivity contribution in [2.75, 3.05) is 0 Å². The van der Waals surface area contributed by atoms with Gasteiger partial charge >= 0.3 is 12.1 Å². The van der Waals surface area contributed by atoms with Crippen molar-refractivity contribution in [3.8, 4) is 0 Å². The van der Waals surface area contributed by atoms with Crippen molar-refractivity contribution < 1.29 is 19.4 Å². The van der Waals surface area contributed by atoms with E-state index in [2.05, 4.69) is 0 Å². The van der Waals surface area contributed by atoms with Crippen LogP contribution in [-0.4, -0.2) is 39.8 Å². The van der Waals surface area contributed by atoms with Gasteiger partial charge in [-0.1, -0.05) is 6.92 Å². The summed E-state index contributed by atoms with van der Waals surface area (Å²) in [7, 11) is 0. The molecule has 1 N–H and O–H groups in total. The molecule has 0 aliphatic carbocycles. The van der Waals surface area contributed by atoms with Gasteiger partial charge < -0.3 is 9.84 Å². The average molecular weight is 243 g/mol. The number of aliphatic carboxylic acids is 1. The molecule has 3 unspecified atom stereocenters. The monoisotopic (exact) mass is 243 g/mol. The first kappa shape index (κ1) is 13.8. The van der Waals surface area contributed by atoms with Gasteiger partial charge in [0.2, 0.25) is 0 Å². The van der Waals surface area contributed by atoms with Crippen molar-refractivity contribution in [1.29, 1.82) is 0 Å². The lowest BCUT2D eigenvalue weighted by Gasteiger charge is -2.30. The first-order chi connectivity index (χ1) is 7.63. The van der Waals surface area contributed by atoms with E-state index in [1.54, 1.807) is 20.8 Å². The minimum absolute atomic E-state index is 0.0463. The highest BCUT2D eigenvalue weighted by atomic mass is 16.6. The van der Waals surface area contributed by atoms with Crippen LogP contribution in [0.3, 0.4) is 0 Å². The van der Waals surface area contributed by atoms with Crippen molar-refractivity contribution in [2.24, 2.45) is 5.92 Å². The van der Waals surface area contributed by atoms with Gasteiger partial charge in [0.05, 0.1) is 0 Å². The van der Waals surface area contributed by atoms with Crippen LogP contribution in [0.4, 0.5) is 4.79 Å². The lowest BCUT2D eigenvalue weighted by molar-refractivity contribution is -0.143. The summed E-state index contributed by atoms with van der Waals surface area (Å²) >= 11 is 0. The number of ether oxygens (including phenoxy) is 1. The number of likely N-dealkylation sites (tertiary alicyclic amines) is 1. The molecular weight excluding hydrogens is 222 g/mol. The van der Waals surface area contributed by atoms with E-state index >= 15 is 0 Å². The van der Waals surface area contributed by atoms with Crippen LogP contribution in [0.2, 0.25) is 0 Å². The standard InChI is InChI=1S/C12H21NO4/c1-7-6-8(2)13(9(7)10(14)15)11(16)17-12(3,4)5/h7-9H,6H2,1-5H3,(H,14,15). The molecule has 1 aliphatic heterocycles. The molecular formula is C12H21NO4. The van der Waals surface area contributed by atoms with Gasteiger partial charge in [0, 0.05) is 6.04 Å². The van der Waals surface area contributed by atoms with E-state index in [0.717, 1.165) is 0 Å². The Kier molecular flexibility index (Phi) is 3.69. The molecule has 0 aromatic heterocycles. The summed E-state index contributed by atoms with van der Waals surface area (Å²) in [5.41, 5.74) is -0.605. The molecule has 1 heterocycles. The molecule has 1 fully saturated rings. The largest absolute Gasteiger partial charge is 0.480 e. The molecule has 1 aliphatic rings. The van der Waals surface area contributed by atoms with Gasteiger partial charge in [-0.2, -0.15) is 0 Å². The Balaban J connectivity index is 2.86. The number of carboxylic acid groups (broad SMARTS) is 1. The molecule has 5 nitrogen and oxygen atoms in total. The molecule has 0 bridgehead atoms. The predicted octanol–water partition coefficient (Wildman–Crippen LogP) is 2.10. The fourth-order valence-corrected chi connectivity index (χ4v) is 2.30. The molecule has 5 heteroatoms. The number of carbonyl (C=O) groups excluding carboxylic acids is 1. The van der Waals surface area contributed by atoms with Gasteiger partial charge in [-0.15, -0.1) is 0 Å². The number of carboxylic acids is 1. The van der Waals surface area contributed by atoms with Crippen molar-refractivity contribution in [3.63, 3.8) is 0 Å². The van der Waals surface area contributed by atoms with E-state index in [-0.39, 0.29) is 12.0 Å². The molecule has 3 atom stereocenters. The molecule has 0 spiro atoms. The van der Waals surface area contributed by atoms with Crippen LogP contribution >= 0.6 is 0 Å². The van der Waals surface area contributed by atoms with Crippen LogP contribution < -0.4 is 0 Å². The maximum absolute atomic E-state index is 12.0. The third kappa shape index (κ3) is 3.11. The van der Waals surface area contributed by atoms with Crippen molar-refractivity contribution >= 4 is 12.1 Å². The lowest BCUT2D eigenvalue weighted by Crippen LogP contribution is -2.47. The predicted molar refractivity (Wildman–Crippen MR) is 62.7 cm³/mol. The fraction of sp³-hybridized carbons (Fsp3) is 0.833. The summed E-state index contributed by atoms with van der Waals surface area (Å²) in [6.07, 6.45) is 0.151. The first-order valence-corrected chi connectivity index (χ1v) is 5.87. The van der Waals surface area contributed by atoms with Crippen LogP contribution in [-0.2, 0) is 9.53 Å². The molecule has 0 radical (unpaired) electrons. The summed E-state index contributed by atoms with van der Waals surface area (Å²) in [5, 5.41) is 9.17. The molecule has 0 aromatic rings. The van der Waals surface area contributed by atoms with E-state index in [9.17, 15) is 9.59 Å². The number of hydrogen-bond donors (Lipinski definition) is 1. The zero-order valence-electron chi connectivity index (χ0n) is 11.1. The Morgan fingerprint density at radius 1 is 1.29 bits per heavy atom. The number of hydrogen-bond acceptors (Lipinski definition) is 3. The molecule has 1 amide bonds. The number of nitrogens with zero attached hydrogens (tertiary/aromatic N) is 1. The number of carbonyl (C=O) groups is 2. The third-order valence-corrected chi connectivity index (χ3v) is 2.88. The third-order valence-electron chi connectivity index (χ3n) is 2.88. The maximum Gasteiger partial charge on any atom is 0.411 e. The SMILES string of the molecule is CC1CC(C)N(C(=O)OC(C)(C)C)C1C(=O)O. The molecule has 1 saturated heterocycles. The van der Waals surface area contributed by atoms with Crippen molar-refractivity contribution in [3.05, 3.63) is 0 Å². The number of amides is 1. The van der Waals surface area contributed by atoms with Crippen LogP contribution in [0.5, 0.6) is 0 Å². The second-order valence-electron chi connectivity index (χ2n) is 5.73. The second kappa shape index (κ2) is 4.55. The highest BCUT2D eigenvalue weighted by Crippen LogP contribution is 2.31. The van der Waals surface area contributed by atoms with E-state index in [1.165, 1.54) is 4.90 Å². The van der Waals surface area contributed by atoms with Gasteiger partial charge in [0.1, 0.15) is 11.6 Å². The quantitative estimate of drug-likeness (QED) is 0.766. The summed E-state index contributed by atoms with van der Waals surface area (Å²) in [4.78, 5) is 24.5.